The maximum absolute atomic E-state index is 13.0. The summed E-state index contributed by atoms with van der Waals surface area (Å²) >= 11 is 1.38. The van der Waals surface area contributed by atoms with Gasteiger partial charge in [0.2, 0.25) is 11.0 Å². The first-order chi connectivity index (χ1) is 14.7. The molecule has 1 aliphatic rings. The second-order valence-corrected chi connectivity index (χ2v) is 8.79. The molecule has 30 heavy (non-hydrogen) atoms. The molecule has 0 spiro atoms. The quantitative estimate of drug-likeness (QED) is 0.569. The van der Waals surface area contributed by atoms with Crippen molar-refractivity contribution >= 4 is 22.6 Å². The molecule has 6 heteroatoms. The Hall–Kier alpha value is -2.73. The van der Waals surface area contributed by atoms with Crippen LogP contribution in [0.5, 0.6) is 0 Å². The van der Waals surface area contributed by atoms with Gasteiger partial charge in [0.25, 0.3) is 0 Å². The predicted octanol–water partition coefficient (Wildman–Crippen LogP) is 4.39. The molecule has 2 heterocycles. The zero-order chi connectivity index (χ0) is 20.8. The summed E-state index contributed by atoms with van der Waals surface area (Å²) in [4.78, 5) is 21.9. The third kappa shape index (κ3) is 5.45. The highest BCUT2D eigenvalue weighted by Gasteiger charge is 2.24. The first-order valence-corrected chi connectivity index (χ1v) is 11.4. The Morgan fingerprint density at radius 1 is 1.03 bits per heavy atom. The third-order valence-electron chi connectivity index (χ3n) is 5.61. The highest BCUT2D eigenvalue weighted by Crippen LogP contribution is 2.22. The summed E-state index contributed by atoms with van der Waals surface area (Å²) < 4.78 is 4.57. The highest BCUT2D eigenvalue weighted by molar-refractivity contribution is 7.09. The number of hydrogen-bond acceptors (Lipinski definition) is 5. The Morgan fingerprint density at radius 2 is 1.67 bits per heavy atom. The smallest absolute Gasteiger partial charge is 0.242 e. The molecule has 0 radical (unpaired) electrons. The number of rotatable bonds is 7. The van der Waals surface area contributed by atoms with E-state index in [1.165, 1.54) is 17.1 Å². The van der Waals surface area contributed by atoms with Crippen LogP contribution in [0.15, 0.2) is 60.7 Å². The number of piperidine rings is 1. The van der Waals surface area contributed by atoms with E-state index < -0.39 is 0 Å². The number of anilines is 1. The van der Waals surface area contributed by atoms with Crippen LogP contribution in [0.3, 0.4) is 0 Å². The van der Waals surface area contributed by atoms with E-state index >= 15 is 0 Å². The number of nitrogens with zero attached hydrogens (tertiary/aromatic N) is 4. The molecule has 4 rings (SSSR count). The van der Waals surface area contributed by atoms with E-state index in [-0.39, 0.29) is 5.91 Å². The molecule has 0 N–H and O–H groups in total. The van der Waals surface area contributed by atoms with E-state index in [1.807, 2.05) is 41.3 Å². The number of carbonyl (C=O) groups is 1. The fraction of sp³-hybridized carbons (Fsp3) is 0.375. The van der Waals surface area contributed by atoms with Gasteiger partial charge in [-0.15, -0.1) is 0 Å². The minimum absolute atomic E-state index is 0.178. The van der Waals surface area contributed by atoms with Crippen LogP contribution in [-0.2, 0) is 17.8 Å². The van der Waals surface area contributed by atoms with Gasteiger partial charge in [0, 0.05) is 37.6 Å². The summed E-state index contributed by atoms with van der Waals surface area (Å²) in [5, 5.41) is 0.809. The van der Waals surface area contributed by atoms with Crippen molar-refractivity contribution in [3.8, 4) is 0 Å². The summed E-state index contributed by atoms with van der Waals surface area (Å²) in [6.07, 6.45) is 2.88. The maximum Gasteiger partial charge on any atom is 0.242 e. The fourth-order valence-corrected chi connectivity index (χ4v) is 4.42. The molecule has 1 aromatic heterocycles. The summed E-state index contributed by atoms with van der Waals surface area (Å²) in [5.74, 6) is 1.69. The molecule has 1 saturated heterocycles. The first-order valence-electron chi connectivity index (χ1n) is 10.6. The van der Waals surface area contributed by atoms with Gasteiger partial charge in [-0.2, -0.15) is 4.37 Å². The van der Waals surface area contributed by atoms with Crippen molar-refractivity contribution in [2.75, 3.05) is 24.5 Å². The van der Waals surface area contributed by atoms with Gasteiger partial charge in [-0.05, 0) is 29.9 Å². The molecule has 0 unspecified atom stereocenters. The average Bonchev–Trinajstić information content (AvgIpc) is 3.23. The molecule has 156 valence electrons. The number of hydrogen-bond donors (Lipinski definition) is 0. The summed E-state index contributed by atoms with van der Waals surface area (Å²) in [7, 11) is 0. The van der Waals surface area contributed by atoms with Gasteiger partial charge < -0.3 is 9.80 Å². The molecule has 5 nitrogen and oxygen atoms in total. The molecular weight excluding hydrogens is 392 g/mol. The molecule has 1 aliphatic heterocycles. The van der Waals surface area contributed by atoms with Crippen LogP contribution in [0, 0.1) is 5.92 Å². The van der Waals surface area contributed by atoms with E-state index in [0.29, 0.717) is 25.4 Å². The van der Waals surface area contributed by atoms with Gasteiger partial charge >= 0.3 is 0 Å². The van der Waals surface area contributed by atoms with Crippen molar-refractivity contribution in [3.63, 3.8) is 0 Å². The highest BCUT2D eigenvalue weighted by atomic mass is 32.1. The van der Waals surface area contributed by atoms with Crippen molar-refractivity contribution in [2.45, 2.75) is 32.7 Å². The second-order valence-electron chi connectivity index (χ2n) is 8.06. The van der Waals surface area contributed by atoms with Crippen molar-refractivity contribution in [2.24, 2.45) is 5.92 Å². The van der Waals surface area contributed by atoms with E-state index in [4.69, 9.17) is 4.98 Å². The Labute approximate surface area is 182 Å². The van der Waals surface area contributed by atoms with Gasteiger partial charge in [-0.1, -0.05) is 67.6 Å². The van der Waals surface area contributed by atoms with Crippen LogP contribution >= 0.6 is 11.5 Å². The van der Waals surface area contributed by atoms with Gasteiger partial charge in [0.1, 0.15) is 5.82 Å². The second kappa shape index (κ2) is 9.85. The number of amides is 1. The van der Waals surface area contributed by atoms with Gasteiger partial charge in [0.05, 0.1) is 6.54 Å². The summed E-state index contributed by atoms with van der Waals surface area (Å²) in [6.45, 7) is 4.96. The van der Waals surface area contributed by atoms with Crippen LogP contribution in [0.1, 0.15) is 36.7 Å². The maximum atomic E-state index is 13.0. The van der Waals surface area contributed by atoms with Crippen LogP contribution in [0.4, 0.5) is 5.13 Å². The van der Waals surface area contributed by atoms with Crippen LogP contribution in [-0.4, -0.2) is 39.8 Å². The normalized spacial score (nSPS) is 14.6. The Morgan fingerprint density at radius 3 is 2.33 bits per heavy atom. The van der Waals surface area contributed by atoms with Gasteiger partial charge in [-0.3, -0.25) is 4.79 Å². The molecule has 2 aromatic carbocycles. The lowest BCUT2D eigenvalue weighted by Gasteiger charge is -2.32. The third-order valence-corrected chi connectivity index (χ3v) is 6.43. The minimum Gasteiger partial charge on any atom is -0.341 e. The van der Waals surface area contributed by atoms with E-state index in [1.54, 1.807) is 0 Å². The molecule has 1 fully saturated rings. The average molecular weight is 421 g/mol. The lowest BCUT2D eigenvalue weighted by molar-refractivity contribution is -0.131. The zero-order valence-electron chi connectivity index (χ0n) is 17.4. The zero-order valence-corrected chi connectivity index (χ0v) is 18.2. The molecule has 3 aromatic rings. The summed E-state index contributed by atoms with van der Waals surface area (Å²) in [6, 6.07) is 20.5. The fourth-order valence-electron chi connectivity index (χ4n) is 3.74. The lowest BCUT2D eigenvalue weighted by atomic mass is 9.99. The topological polar surface area (TPSA) is 49.3 Å². The first kappa shape index (κ1) is 20.5. The molecule has 0 atom stereocenters. The molecule has 0 saturated carbocycles. The van der Waals surface area contributed by atoms with E-state index in [0.717, 1.165) is 42.5 Å². The SMILES string of the molecule is CC1CCN(C(=O)CN(Cc2ccccc2)c2nc(Cc3ccccc3)ns2)CC1. The van der Waals surface area contributed by atoms with E-state index in [2.05, 4.69) is 40.5 Å². The number of benzene rings is 2. The van der Waals surface area contributed by atoms with Crippen molar-refractivity contribution < 1.29 is 4.79 Å². The number of aromatic nitrogens is 2. The Bertz CT molecular complexity index is 936. The van der Waals surface area contributed by atoms with Gasteiger partial charge in [-0.25, -0.2) is 4.98 Å². The molecule has 1 amide bonds. The molecule has 0 bridgehead atoms. The monoisotopic (exact) mass is 420 g/mol. The van der Waals surface area contributed by atoms with Crippen molar-refractivity contribution in [3.05, 3.63) is 77.6 Å². The minimum atomic E-state index is 0.178. The van der Waals surface area contributed by atoms with Crippen molar-refractivity contribution in [1.82, 2.24) is 14.3 Å². The van der Waals surface area contributed by atoms with Crippen LogP contribution < -0.4 is 4.90 Å². The Balaban J connectivity index is 1.49. The van der Waals surface area contributed by atoms with Crippen LogP contribution in [0.25, 0.3) is 0 Å². The Kier molecular flexibility index (Phi) is 6.74. The standard InChI is InChI=1S/C24H28N4OS/c1-19-12-14-27(15-13-19)23(29)18-28(17-21-10-6-3-7-11-21)24-25-22(26-30-24)16-20-8-4-2-5-9-20/h2-11,19H,12-18H2,1H3. The molecular formula is C24H28N4OS. The van der Waals surface area contributed by atoms with E-state index in [9.17, 15) is 4.79 Å². The lowest BCUT2D eigenvalue weighted by Crippen LogP contribution is -2.43. The predicted molar refractivity (Wildman–Crippen MR) is 122 cm³/mol. The largest absolute Gasteiger partial charge is 0.341 e. The summed E-state index contributed by atoms with van der Waals surface area (Å²) in [5.41, 5.74) is 2.35. The molecule has 0 aliphatic carbocycles. The van der Waals surface area contributed by atoms with Crippen LogP contribution in [0.2, 0.25) is 0 Å². The number of likely N-dealkylation sites (tertiary alicyclic amines) is 1. The number of carbonyl (C=O) groups excluding carboxylic acids is 1. The van der Waals surface area contributed by atoms with Gasteiger partial charge in [0.15, 0.2) is 0 Å². The van der Waals surface area contributed by atoms with Crippen molar-refractivity contribution in [1.29, 1.82) is 0 Å².